The van der Waals surface area contributed by atoms with Gasteiger partial charge in [0, 0.05) is 104 Å². The number of ketones is 1. The summed E-state index contributed by atoms with van der Waals surface area (Å²) >= 11 is 14.4. The van der Waals surface area contributed by atoms with E-state index in [0.29, 0.717) is 36.0 Å². The van der Waals surface area contributed by atoms with Crippen molar-refractivity contribution >= 4 is 139 Å². The molecule has 0 spiro atoms. The molecule has 143 heavy (non-hydrogen) atoms. The van der Waals surface area contributed by atoms with Gasteiger partial charge in [-0.3, -0.25) is 48.2 Å². The van der Waals surface area contributed by atoms with Crippen LogP contribution in [0.2, 0.25) is 0 Å². The number of likely N-dealkylation sites (tertiary alicyclic amines) is 2. The predicted molar refractivity (Wildman–Crippen MR) is 538 cm³/mol. The number of halogens is 6. The van der Waals surface area contributed by atoms with Gasteiger partial charge >= 0.3 is 18.3 Å². The summed E-state index contributed by atoms with van der Waals surface area (Å²) in [6, 6.07) is 40.1. The molecule has 14 rings (SSSR count). The molecule has 4 aliphatic heterocycles. The summed E-state index contributed by atoms with van der Waals surface area (Å²) in [5.41, 5.74) is 12.9. The maximum Gasteiger partial charge on any atom is 0.407 e. The van der Waals surface area contributed by atoms with Crippen LogP contribution in [0.15, 0.2) is 181 Å². The molecule has 10 aromatic rings. The van der Waals surface area contributed by atoms with Crippen molar-refractivity contribution in [2.24, 2.45) is 16.6 Å². The number of Topliss-reactive ketones (excluding diaryl/α,β-unsaturated/α-hetero) is 1. The molecule has 4 aliphatic rings. The summed E-state index contributed by atoms with van der Waals surface area (Å²) in [7, 11) is 0. The number of carbonyl (C=O) groups excluding carboxylic acids is 7. The number of aliphatic carboxylic acids is 1. The Morgan fingerprint density at radius 1 is 0.524 bits per heavy atom. The van der Waals surface area contributed by atoms with Crippen LogP contribution >= 0.6 is 47.1 Å². The number of nitrogens with zero attached hydrogens (tertiary/aromatic N) is 12. The molecule has 4 fully saturated rings. The maximum atomic E-state index is 14.0. The van der Waals surface area contributed by atoms with E-state index in [1.54, 1.807) is 145 Å². The fraction of sp³-hybridized carbons (Fsp3) is 0.379. The van der Waals surface area contributed by atoms with Crippen LogP contribution in [0.4, 0.5) is 60.5 Å². The Bertz CT molecular complexity index is 6400. The minimum Gasteiger partial charge on any atom is -0.481 e. The number of amides is 6. The fourth-order valence-corrected chi connectivity index (χ4v) is 19.1. The van der Waals surface area contributed by atoms with Gasteiger partial charge < -0.3 is 70.2 Å². The van der Waals surface area contributed by atoms with E-state index in [4.69, 9.17) is 67.4 Å². The monoisotopic (exact) mass is 2040 g/mol. The molecule has 0 aliphatic carbocycles. The smallest absolute Gasteiger partial charge is 0.407 e. The highest BCUT2D eigenvalue weighted by Gasteiger charge is 2.54. The highest BCUT2D eigenvalue weighted by atomic mass is 32.1. The van der Waals surface area contributed by atoms with Crippen molar-refractivity contribution in [2.75, 3.05) is 72.3 Å². The molecule has 6 amide bonds. The fourth-order valence-electron chi connectivity index (χ4n) is 16.5. The lowest BCUT2D eigenvalue weighted by atomic mass is 9.85. The van der Waals surface area contributed by atoms with E-state index in [1.165, 1.54) is 21.9 Å². The van der Waals surface area contributed by atoms with Crippen molar-refractivity contribution in [1.82, 2.24) is 40.4 Å². The Morgan fingerprint density at radius 2 is 0.930 bits per heavy atom. The first-order chi connectivity index (χ1) is 67.5. The molecular weight excluding hydrogens is 1930 g/mol. The second kappa shape index (κ2) is 45.9. The number of carbonyl (C=O) groups is 8. The van der Waals surface area contributed by atoms with Gasteiger partial charge in [0.25, 0.3) is 11.8 Å². The number of alkyl halides is 6. The van der Waals surface area contributed by atoms with E-state index >= 15 is 0 Å². The van der Waals surface area contributed by atoms with Crippen LogP contribution in [0.1, 0.15) is 135 Å². The number of nitrogens with two attached hydrogens (primary N) is 1. The van der Waals surface area contributed by atoms with E-state index in [2.05, 4.69) is 52.4 Å². The lowest BCUT2D eigenvalue weighted by Crippen LogP contribution is -2.57. The second-order valence-electron chi connectivity index (χ2n) is 37.6. The third-order valence-electron chi connectivity index (χ3n) is 24.4. The number of rotatable bonds is 32. The Hall–Kier alpha value is -13.4. The molecule has 30 nitrogen and oxygen atoms in total. The number of hydrogen-bond donors (Lipinski definition) is 6. The summed E-state index contributed by atoms with van der Waals surface area (Å²) in [5, 5.41) is 35.0. The lowest BCUT2D eigenvalue weighted by Gasteiger charge is -2.35. The van der Waals surface area contributed by atoms with Gasteiger partial charge in [0.1, 0.15) is 36.4 Å². The van der Waals surface area contributed by atoms with Crippen molar-refractivity contribution in [1.29, 1.82) is 0 Å². The van der Waals surface area contributed by atoms with Crippen LogP contribution in [0.5, 0.6) is 11.8 Å². The van der Waals surface area contributed by atoms with Crippen LogP contribution in [0.25, 0.3) is 52.8 Å². The Morgan fingerprint density at radius 3 is 1.32 bits per heavy atom. The van der Waals surface area contributed by atoms with Crippen molar-refractivity contribution in [3.8, 4) is 54.9 Å². The summed E-state index contributed by atoms with van der Waals surface area (Å²) in [5.74, 6) is -2.83. The quantitative estimate of drug-likeness (QED) is 0.00987. The molecule has 6 aromatic carbocycles. The third kappa shape index (κ3) is 26.2. The lowest BCUT2D eigenvalue weighted by molar-refractivity contribution is -0.144. The molecule has 7 N–H and O–H groups in total. The number of aliphatic hydroxyl groups excluding tert-OH is 2. The maximum absolute atomic E-state index is 14.0. The average Bonchev–Trinajstić information content (AvgIpc) is 1.58. The van der Waals surface area contributed by atoms with Gasteiger partial charge in [-0.2, -0.15) is 26.3 Å². The van der Waals surface area contributed by atoms with E-state index in [9.17, 15) is 74.9 Å². The summed E-state index contributed by atoms with van der Waals surface area (Å²) in [6.45, 7) is 37.0. The summed E-state index contributed by atoms with van der Waals surface area (Å²) < 4.78 is 104. The summed E-state index contributed by atoms with van der Waals surface area (Å²) in [6.07, 6.45) is -6.77. The number of hydrogen-bond acceptors (Lipinski definition) is 23. The molecule has 0 radical (unpaired) electrons. The highest BCUT2D eigenvalue weighted by Crippen LogP contribution is 2.46. The van der Waals surface area contributed by atoms with Gasteiger partial charge in [-0.05, 0) is 177 Å². The molecule has 752 valence electrons. The molecule has 4 saturated heterocycles. The minimum absolute atomic E-state index is 0.0107. The van der Waals surface area contributed by atoms with Gasteiger partial charge in [-0.25, -0.2) is 29.6 Å². The zero-order chi connectivity index (χ0) is 104. The van der Waals surface area contributed by atoms with Crippen molar-refractivity contribution in [2.45, 2.75) is 188 Å². The van der Waals surface area contributed by atoms with Crippen LogP contribution < -0.4 is 45.4 Å². The first kappa shape index (κ1) is 108. The number of nitrogens with one attached hydrogen (secondary N) is 2. The normalized spacial score (nSPS) is 17.2. The van der Waals surface area contributed by atoms with Crippen molar-refractivity contribution in [3.05, 3.63) is 238 Å². The molecule has 0 bridgehead atoms. The number of carboxylic acids is 1. The number of aromatic nitrogens is 4. The van der Waals surface area contributed by atoms with Gasteiger partial charge in [-0.15, -0.1) is 22.7 Å². The molecule has 0 saturated carbocycles. The molecule has 40 heteroatoms. The Kier molecular flexibility index (Phi) is 34.8. The van der Waals surface area contributed by atoms with Gasteiger partial charge in [0.15, 0.2) is 27.4 Å². The number of anilines is 4. The number of benzene rings is 6. The van der Waals surface area contributed by atoms with Gasteiger partial charge in [0.05, 0.1) is 114 Å². The molecule has 6 atom stereocenters. The number of aryl methyl sites for hydroxylation is 3. The van der Waals surface area contributed by atoms with E-state index in [-0.39, 0.29) is 118 Å². The third-order valence-corrected chi connectivity index (χ3v) is 27.1. The molecule has 0 unspecified atom stereocenters. The van der Waals surface area contributed by atoms with Crippen molar-refractivity contribution < 1.29 is 99.0 Å². The summed E-state index contributed by atoms with van der Waals surface area (Å²) in [4.78, 5) is 137. The predicted octanol–water partition coefficient (Wildman–Crippen LogP) is 17.3. The zero-order valence-corrected chi connectivity index (χ0v) is 83.7. The van der Waals surface area contributed by atoms with Crippen LogP contribution in [-0.2, 0) is 73.1 Å². The molecule has 8 heterocycles. The van der Waals surface area contributed by atoms with E-state index in [0.717, 1.165) is 99.7 Å². The Balaban J connectivity index is 0.000000213. The van der Waals surface area contributed by atoms with Gasteiger partial charge in [0.2, 0.25) is 35.4 Å². The number of β-amino-alcohol motifs (C(OH)–C–C–N with tert-alkyl or cyclic N) is 2. The number of carboxylic acid groups (broad SMARTS) is 1. The largest absolute Gasteiger partial charge is 0.481 e. The number of aliphatic hydroxyl groups is 2. The van der Waals surface area contributed by atoms with Gasteiger partial charge in [-0.1, -0.05) is 126 Å². The van der Waals surface area contributed by atoms with E-state index in [1.807, 2.05) is 103 Å². The first-order valence-electron chi connectivity index (χ1n) is 45.6. The Labute approximate surface area is 842 Å². The van der Waals surface area contributed by atoms with Crippen LogP contribution in [0, 0.1) is 37.8 Å². The van der Waals surface area contributed by atoms with Crippen LogP contribution in [-0.4, -0.2) is 203 Å². The standard InChI is InChI=1S/C51H53F3N8O7S2.C29H25F3N4O5S.C23H31N3O3S/c1-30-43(71-29-58-30)33-10-8-31(9-11-33)26-57-45(65)40-25-37(63)28-60(40)46(66)44(49(2,3)4)59-41(64)20-21-68-22-23-69-42-19-14-34(27-56-42)32-12-15-35(16-13-32)62-48(70)61(47(67)50(62,5)6)36-17-18-39(55-7)38(24-36)51(52,53)54;1-28(2)26(39)35(21-9-10-23(33-3)22(16-21)29(30,31)32)27(42)36(28)20-7-4-18(5-8-20)19-6-11-24(34-17-19)41-15-14-40-13-12-25(37)38;1-14-20(30-13-25-14)16-8-5-15(6-9-16)7-10-19(28)18-11-17(27)12-26(18)22(29)21(24)23(2,3)4/h8-19,24,27,29,37,40,44,63H,20-23,25-26,28H2,1-6H3,(H,57,65)(H,59,64);4-11,16-17H,12-15H2,1-2H3,(H,37,38);5-6,8-9,13,17-18,21,27H,7,10-12,24H2,1-4H3/t37-,40+,44-;;17-,18+,21-/m1.1/s1. The number of thiocarbonyl (C=S) groups is 2. The van der Waals surface area contributed by atoms with E-state index < -0.39 is 129 Å². The second-order valence-corrected chi connectivity index (χ2v) is 40.0. The van der Waals surface area contributed by atoms with Crippen LogP contribution in [0.3, 0.4) is 0 Å². The van der Waals surface area contributed by atoms with Crippen molar-refractivity contribution in [3.63, 3.8) is 0 Å². The number of pyridine rings is 2. The zero-order valence-electron chi connectivity index (χ0n) is 80.5. The highest BCUT2D eigenvalue weighted by molar-refractivity contribution is 7.81. The molecular formula is C103H109F6N15O15S4. The average molecular weight is 2040 g/mol. The minimum atomic E-state index is -4.81. The number of ether oxygens (including phenoxy) is 4. The number of thiazole rings is 2. The SMILES string of the molecule is Cc1ncsc1-c1ccc(CCC(=O)[C@@H]2C[C@@H](O)CN2C(=O)[C@@H](N)C(C)(C)C)cc1.[C-]#[N+]c1ccc(N2C(=O)C(C)(C)N(c3ccc(-c4ccc(OCCOCCC(=O)N[C@H](C(=O)N5C[C@H](O)C[C@H]5C(=O)NCc5ccc(-c6scnc6C)cc5)C(C)(C)C)nc4)cc3)C2=S)cc1C(F)(F)F.[C-]#[N+]c1ccc(N2C(=O)C(C)(C)N(c3ccc(-c4ccc(OCCOCCC(=O)O)nc4)cc3)C2=S)cc1C(F)(F)F. The topological polar surface area (TPSA) is 364 Å². The first-order valence-corrected chi connectivity index (χ1v) is 48.2. The molecule has 4 aromatic heterocycles.